The number of aromatic nitrogens is 2. The minimum absolute atomic E-state index is 0.267. The normalized spacial score (nSPS) is 17.6. The monoisotopic (exact) mass is 535 g/mol. The summed E-state index contributed by atoms with van der Waals surface area (Å²) in [5.41, 5.74) is 5.30. The second kappa shape index (κ2) is 9.60. The van der Waals surface area contributed by atoms with Gasteiger partial charge in [0.05, 0.1) is 29.7 Å². The van der Waals surface area contributed by atoms with Gasteiger partial charge >= 0.3 is 0 Å². The maximum atomic E-state index is 14.8. The Morgan fingerprint density at radius 1 is 1.03 bits per heavy atom. The fourth-order valence-corrected chi connectivity index (χ4v) is 5.85. The van der Waals surface area contributed by atoms with Crippen molar-refractivity contribution in [1.29, 1.82) is 0 Å². The molecule has 190 valence electrons. The van der Waals surface area contributed by atoms with Crippen LogP contribution in [0.2, 0.25) is 0 Å². The Morgan fingerprint density at radius 3 is 2.38 bits per heavy atom. The number of para-hydroxylation sites is 1. The highest BCUT2D eigenvalue weighted by Crippen LogP contribution is 2.44. The lowest BCUT2D eigenvalue weighted by atomic mass is 9.96. The number of benzene rings is 2. The molecule has 4 aromatic rings. The van der Waals surface area contributed by atoms with Gasteiger partial charge in [-0.1, -0.05) is 18.2 Å². The van der Waals surface area contributed by atoms with Crippen molar-refractivity contribution in [2.75, 3.05) is 15.9 Å². The maximum Gasteiger partial charge on any atom is 0.229 e. The molecule has 2 aromatic carbocycles. The molecule has 1 fully saturated rings. The summed E-state index contributed by atoms with van der Waals surface area (Å²) in [5, 5.41) is 3.94. The van der Waals surface area contributed by atoms with E-state index in [9.17, 15) is 12.8 Å². The third-order valence-corrected chi connectivity index (χ3v) is 7.35. The van der Waals surface area contributed by atoms with Crippen LogP contribution in [0.25, 0.3) is 5.69 Å². The zero-order valence-electron chi connectivity index (χ0n) is 20.5. The number of anilines is 2. The van der Waals surface area contributed by atoms with Crippen LogP contribution in [0.15, 0.2) is 79.0 Å². The number of sulfonamides is 1. The molecule has 0 radical (unpaired) electrons. The minimum atomic E-state index is -3.40. The van der Waals surface area contributed by atoms with Crippen LogP contribution in [-0.4, -0.2) is 29.3 Å². The van der Waals surface area contributed by atoms with Crippen molar-refractivity contribution in [3.63, 3.8) is 0 Å². The molecule has 10 heteroatoms. The molecule has 1 saturated heterocycles. The van der Waals surface area contributed by atoms with E-state index in [1.807, 2.05) is 59.7 Å². The van der Waals surface area contributed by atoms with E-state index in [2.05, 4.69) is 21.1 Å². The zero-order chi connectivity index (χ0) is 26.3. The number of rotatable bonds is 6. The average Bonchev–Trinajstić information content (AvgIpc) is 3.35. The summed E-state index contributed by atoms with van der Waals surface area (Å²) in [6.45, 7) is 3.93. The van der Waals surface area contributed by atoms with Crippen molar-refractivity contribution >= 4 is 38.7 Å². The van der Waals surface area contributed by atoms with Crippen molar-refractivity contribution in [2.24, 2.45) is 0 Å². The zero-order valence-corrected chi connectivity index (χ0v) is 22.1. The number of halogens is 1. The van der Waals surface area contributed by atoms with Gasteiger partial charge in [-0.25, -0.2) is 12.8 Å². The SMILES string of the molecule is Cc1cc(C2C(c3ccccn3)NC(=S)N2c2ccc(NS(C)(=O)=O)cc2)c(C)n1-c1ccccc1F. The first-order chi connectivity index (χ1) is 17.6. The molecular formula is C27H26FN5O2S2. The fourth-order valence-electron chi connectivity index (χ4n) is 4.94. The van der Waals surface area contributed by atoms with Gasteiger partial charge in [-0.2, -0.15) is 0 Å². The molecule has 1 aliphatic rings. The first-order valence-corrected chi connectivity index (χ1v) is 14.0. The van der Waals surface area contributed by atoms with E-state index >= 15 is 0 Å². The molecule has 0 aliphatic carbocycles. The molecule has 3 heterocycles. The highest BCUT2D eigenvalue weighted by atomic mass is 32.2. The van der Waals surface area contributed by atoms with Gasteiger partial charge in [-0.05, 0) is 86.2 Å². The van der Waals surface area contributed by atoms with E-state index in [4.69, 9.17) is 12.2 Å². The van der Waals surface area contributed by atoms with Crippen LogP contribution in [0.4, 0.5) is 15.8 Å². The summed E-state index contributed by atoms with van der Waals surface area (Å²) in [7, 11) is -3.40. The van der Waals surface area contributed by atoms with Crippen molar-refractivity contribution in [3.8, 4) is 5.69 Å². The molecular weight excluding hydrogens is 509 g/mol. The van der Waals surface area contributed by atoms with E-state index in [-0.39, 0.29) is 17.9 Å². The predicted molar refractivity (Wildman–Crippen MR) is 148 cm³/mol. The van der Waals surface area contributed by atoms with Crippen molar-refractivity contribution in [3.05, 3.63) is 107 Å². The largest absolute Gasteiger partial charge is 0.351 e. The number of nitrogens with one attached hydrogen (secondary N) is 2. The summed E-state index contributed by atoms with van der Waals surface area (Å²) in [4.78, 5) is 6.60. The van der Waals surface area contributed by atoms with Gasteiger partial charge in [0.1, 0.15) is 5.82 Å². The lowest BCUT2D eigenvalue weighted by molar-refractivity contribution is 0.564. The summed E-state index contributed by atoms with van der Waals surface area (Å²) >= 11 is 5.80. The Balaban J connectivity index is 1.64. The first kappa shape index (κ1) is 24.9. The Labute approximate surface area is 221 Å². The smallest absolute Gasteiger partial charge is 0.229 e. The molecule has 0 amide bonds. The Bertz CT molecular complexity index is 1570. The molecule has 0 saturated carbocycles. The van der Waals surface area contributed by atoms with Gasteiger partial charge < -0.3 is 14.8 Å². The van der Waals surface area contributed by atoms with Crippen LogP contribution >= 0.6 is 12.2 Å². The first-order valence-electron chi connectivity index (χ1n) is 11.7. The quantitative estimate of drug-likeness (QED) is 0.332. The molecule has 2 unspecified atom stereocenters. The van der Waals surface area contributed by atoms with Crippen LogP contribution in [0.1, 0.15) is 34.7 Å². The van der Waals surface area contributed by atoms with Crippen molar-refractivity contribution in [1.82, 2.24) is 14.9 Å². The number of hydrogen-bond acceptors (Lipinski definition) is 4. The molecule has 0 spiro atoms. The molecule has 5 rings (SSSR count). The fraction of sp³-hybridized carbons (Fsp3) is 0.185. The van der Waals surface area contributed by atoms with E-state index in [1.54, 1.807) is 30.5 Å². The second-order valence-corrected chi connectivity index (χ2v) is 11.2. The molecule has 1 aliphatic heterocycles. The van der Waals surface area contributed by atoms with Gasteiger partial charge in [-0.3, -0.25) is 9.71 Å². The van der Waals surface area contributed by atoms with Gasteiger partial charge in [-0.15, -0.1) is 0 Å². The van der Waals surface area contributed by atoms with Crippen LogP contribution in [0.3, 0.4) is 0 Å². The van der Waals surface area contributed by atoms with Gasteiger partial charge in [0, 0.05) is 29.0 Å². The van der Waals surface area contributed by atoms with Crippen LogP contribution in [0.5, 0.6) is 0 Å². The molecule has 7 nitrogen and oxygen atoms in total. The van der Waals surface area contributed by atoms with E-state index in [0.717, 1.165) is 34.6 Å². The van der Waals surface area contributed by atoms with Gasteiger partial charge in [0.15, 0.2) is 5.11 Å². The second-order valence-electron chi connectivity index (χ2n) is 9.03. The van der Waals surface area contributed by atoms with Crippen LogP contribution < -0.4 is 14.9 Å². The van der Waals surface area contributed by atoms with Crippen molar-refractivity contribution in [2.45, 2.75) is 25.9 Å². The molecule has 2 aromatic heterocycles. The van der Waals surface area contributed by atoms with Crippen molar-refractivity contribution < 1.29 is 12.8 Å². The molecule has 2 atom stereocenters. The van der Waals surface area contributed by atoms with Crippen LogP contribution in [0, 0.1) is 19.7 Å². The van der Waals surface area contributed by atoms with Crippen LogP contribution in [-0.2, 0) is 10.0 Å². The third-order valence-electron chi connectivity index (χ3n) is 6.43. The summed E-state index contributed by atoms with van der Waals surface area (Å²) < 4.78 is 42.5. The number of aryl methyl sites for hydroxylation is 1. The Hall–Kier alpha value is -3.76. The Kier molecular flexibility index (Phi) is 6.47. The third kappa shape index (κ3) is 4.82. The highest BCUT2D eigenvalue weighted by molar-refractivity contribution is 7.92. The number of nitrogens with zero attached hydrogens (tertiary/aromatic N) is 3. The predicted octanol–water partition coefficient (Wildman–Crippen LogP) is 5.18. The van der Waals surface area contributed by atoms with E-state index in [1.165, 1.54) is 6.07 Å². The minimum Gasteiger partial charge on any atom is -0.351 e. The lowest BCUT2D eigenvalue weighted by Crippen LogP contribution is -2.29. The molecule has 2 N–H and O–H groups in total. The summed E-state index contributed by atoms with van der Waals surface area (Å²) in [6.07, 6.45) is 2.85. The lowest BCUT2D eigenvalue weighted by Gasteiger charge is -2.28. The number of pyridine rings is 1. The van der Waals surface area contributed by atoms with E-state index in [0.29, 0.717) is 16.5 Å². The molecule has 37 heavy (non-hydrogen) atoms. The average molecular weight is 536 g/mol. The maximum absolute atomic E-state index is 14.8. The standard InChI is InChI=1S/C27H26FN5O2S2/c1-17-16-21(18(2)32(17)24-10-5-4-8-22(24)28)26-25(23-9-6-7-15-29-23)30-27(36)33(26)20-13-11-19(12-14-20)31-37(3,34)35/h4-16,25-26,31H,1-3H3,(H,30,36). The summed E-state index contributed by atoms with van der Waals surface area (Å²) in [5.74, 6) is -0.303. The van der Waals surface area contributed by atoms with Gasteiger partial charge in [0.2, 0.25) is 10.0 Å². The molecule has 0 bridgehead atoms. The Morgan fingerprint density at radius 2 is 1.73 bits per heavy atom. The van der Waals surface area contributed by atoms with E-state index < -0.39 is 10.0 Å². The number of hydrogen-bond donors (Lipinski definition) is 2. The highest BCUT2D eigenvalue weighted by Gasteiger charge is 2.42. The number of thiocarbonyl (C=S) groups is 1. The van der Waals surface area contributed by atoms with Gasteiger partial charge in [0.25, 0.3) is 0 Å². The topological polar surface area (TPSA) is 79.3 Å². The summed E-state index contributed by atoms with van der Waals surface area (Å²) in [6, 6.07) is 21.0.